The lowest BCUT2D eigenvalue weighted by molar-refractivity contribution is -0.276. The molecule has 5 unspecified atom stereocenters. The van der Waals surface area contributed by atoms with Crippen LogP contribution in [0.3, 0.4) is 0 Å². The van der Waals surface area contributed by atoms with E-state index in [1.807, 2.05) is 66.7 Å². The molecule has 2 saturated heterocycles. The summed E-state index contributed by atoms with van der Waals surface area (Å²) in [6, 6.07) is 43.8. The van der Waals surface area contributed by atoms with Crippen LogP contribution in [0.25, 0.3) is 0 Å². The third kappa shape index (κ3) is 9.36. The molecule has 2 aliphatic heterocycles. The van der Waals surface area contributed by atoms with Crippen molar-refractivity contribution in [3.63, 3.8) is 0 Å². The molecule has 0 aliphatic carbocycles. The third-order valence-electron chi connectivity index (χ3n) is 10.1. The molecule has 2 N–H and O–H groups in total. The Morgan fingerprint density at radius 1 is 0.745 bits per heavy atom. The van der Waals surface area contributed by atoms with Crippen molar-refractivity contribution >= 4 is 23.6 Å². The smallest absolute Gasteiger partial charge is 0.408 e. The van der Waals surface area contributed by atoms with Gasteiger partial charge in [0, 0.05) is 31.1 Å². The molecular weight excluding hydrogens is 695 g/mol. The number of hydrogen-bond acceptors (Lipinski definition) is 8. The van der Waals surface area contributed by atoms with Crippen molar-refractivity contribution in [3.05, 3.63) is 173 Å². The number of carbonyl (C=O) groups excluding carboxylic acids is 3. The number of ether oxygens (including phenoxy) is 3. The van der Waals surface area contributed by atoms with Crippen LogP contribution in [0.4, 0.5) is 10.5 Å². The summed E-state index contributed by atoms with van der Waals surface area (Å²) in [5.41, 5.74) is 6.12. The Bertz CT molecular complexity index is 1990. The average molecular weight is 740 g/mol. The second-order valence-electron chi connectivity index (χ2n) is 14.1. The fraction of sp³-hybridized carbons (Fsp3) is 0.267. The first-order chi connectivity index (χ1) is 26.8. The molecule has 5 atom stereocenters. The van der Waals surface area contributed by atoms with Crippen LogP contribution < -0.4 is 10.2 Å². The van der Waals surface area contributed by atoms with Gasteiger partial charge in [0.2, 0.25) is 5.91 Å². The van der Waals surface area contributed by atoms with Crippen LogP contribution in [0.1, 0.15) is 59.1 Å². The maximum Gasteiger partial charge on any atom is 0.408 e. The molecule has 282 valence electrons. The quantitative estimate of drug-likeness (QED) is 0.122. The molecule has 55 heavy (non-hydrogen) atoms. The number of carbonyl (C=O) groups is 3. The maximum atomic E-state index is 13.4. The molecule has 2 aliphatic rings. The SMILES string of the molecule is CC1C(CN(Cc2ccccc2)Cc2ccccc2)OC(c2ccc(N3C(=O)CC(NC(=O)OCc4ccccc4)C3=O)cc2)OC1c1ccc(CO)cc1. The number of amides is 3. The van der Waals surface area contributed by atoms with Crippen molar-refractivity contribution in [1.29, 1.82) is 0 Å². The standard InChI is InChI=1S/C45H45N3O7/c1-31-40(28-47(26-32-11-5-2-6-12-32)27-33-13-7-3-8-14-33)54-44(55-42(31)36-19-17-34(29-49)18-20-36)37-21-23-38(24-22-37)48-41(50)25-39(43(48)51)46-45(52)53-30-35-15-9-4-10-16-35/h2-24,31,39-40,42,44,49H,25-30H2,1H3,(H,46,52). The lowest BCUT2D eigenvalue weighted by Crippen LogP contribution is -2.44. The average Bonchev–Trinajstić information content (AvgIpc) is 3.50. The summed E-state index contributed by atoms with van der Waals surface area (Å²) in [7, 11) is 0. The minimum atomic E-state index is -1.03. The number of aliphatic hydroxyl groups is 1. The Morgan fingerprint density at radius 3 is 1.89 bits per heavy atom. The van der Waals surface area contributed by atoms with Gasteiger partial charge in [-0.25, -0.2) is 9.69 Å². The van der Waals surface area contributed by atoms with Gasteiger partial charge in [0.05, 0.1) is 30.9 Å². The summed E-state index contributed by atoms with van der Waals surface area (Å²) in [4.78, 5) is 42.4. The Balaban J connectivity index is 1.08. The van der Waals surface area contributed by atoms with Crippen LogP contribution in [0.2, 0.25) is 0 Å². The molecule has 5 aromatic carbocycles. The normalized spacial score (nSPS) is 21.1. The third-order valence-corrected chi connectivity index (χ3v) is 10.1. The van der Waals surface area contributed by atoms with E-state index in [0.29, 0.717) is 12.2 Å². The van der Waals surface area contributed by atoms with Crippen molar-refractivity contribution in [3.8, 4) is 0 Å². The number of benzene rings is 5. The zero-order chi connectivity index (χ0) is 38.1. The van der Waals surface area contributed by atoms with Crippen LogP contribution in [-0.2, 0) is 50.1 Å². The van der Waals surface area contributed by atoms with E-state index >= 15 is 0 Å². The Kier molecular flexibility index (Phi) is 12.1. The minimum Gasteiger partial charge on any atom is -0.445 e. The monoisotopic (exact) mass is 739 g/mol. The summed E-state index contributed by atoms with van der Waals surface area (Å²) < 4.78 is 18.8. The fourth-order valence-corrected chi connectivity index (χ4v) is 7.15. The van der Waals surface area contributed by atoms with Gasteiger partial charge >= 0.3 is 6.09 Å². The zero-order valence-electron chi connectivity index (χ0n) is 30.7. The van der Waals surface area contributed by atoms with Crippen molar-refractivity contribution in [2.45, 2.75) is 64.2 Å². The summed E-state index contributed by atoms with van der Waals surface area (Å²) in [6.45, 7) is 4.24. The number of hydrogen-bond donors (Lipinski definition) is 2. The van der Waals surface area contributed by atoms with Crippen molar-refractivity contribution in [1.82, 2.24) is 10.2 Å². The molecule has 7 rings (SSSR count). The molecule has 10 heteroatoms. The van der Waals surface area contributed by atoms with Gasteiger partial charge in [-0.3, -0.25) is 14.5 Å². The molecule has 5 aromatic rings. The van der Waals surface area contributed by atoms with E-state index in [4.69, 9.17) is 14.2 Å². The lowest BCUT2D eigenvalue weighted by atomic mass is 9.89. The maximum absolute atomic E-state index is 13.4. The van der Waals surface area contributed by atoms with Crippen molar-refractivity contribution in [2.75, 3.05) is 11.4 Å². The molecular formula is C45H45N3O7. The molecule has 0 radical (unpaired) electrons. The number of nitrogens with zero attached hydrogens (tertiary/aromatic N) is 2. The van der Waals surface area contributed by atoms with Crippen LogP contribution in [0, 0.1) is 5.92 Å². The second-order valence-corrected chi connectivity index (χ2v) is 14.1. The number of anilines is 1. The van der Waals surface area contributed by atoms with Gasteiger partial charge in [-0.15, -0.1) is 0 Å². The van der Waals surface area contributed by atoms with E-state index in [2.05, 4.69) is 65.7 Å². The fourth-order valence-electron chi connectivity index (χ4n) is 7.15. The van der Waals surface area contributed by atoms with Gasteiger partial charge in [0.15, 0.2) is 6.29 Å². The van der Waals surface area contributed by atoms with E-state index < -0.39 is 30.2 Å². The van der Waals surface area contributed by atoms with Crippen LogP contribution in [0.5, 0.6) is 0 Å². The number of aliphatic hydroxyl groups excluding tert-OH is 1. The predicted molar refractivity (Wildman–Crippen MR) is 207 cm³/mol. The van der Waals surface area contributed by atoms with Crippen LogP contribution >= 0.6 is 0 Å². The summed E-state index contributed by atoms with van der Waals surface area (Å²) in [5, 5.41) is 12.2. The van der Waals surface area contributed by atoms with Crippen molar-refractivity contribution < 1.29 is 33.7 Å². The number of nitrogens with one attached hydrogen (secondary N) is 1. The van der Waals surface area contributed by atoms with E-state index in [0.717, 1.165) is 40.2 Å². The summed E-state index contributed by atoms with van der Waals surface area (Å²) in [5.74, 6) is -0.988. The first-order valence-electron chi connectivity index (χ1n) is 18.6. The molecule has 2 fully saturated rings. The minimum absolute atomic E-state index is 0.0341. The molecule has 3 amide bonds. The zero-order valence-corrected chi connectivity index (χ0v) is 30.7. The van der Waals surface area contributed by atoms with Crippen LogP contribution in [-0.4, -0.2) is 46.6 Å². The topological polar surface area (TPSA) is 118 Å². The highest BCUT2D eigenvalue weighted by Crippen LogP contribution is 2.42. The molecule has 2 heterocycles. The van der Waals surface area contributed by atoms with Gasteiger partial charge in [0.25, 0.3) is 5.91 Å². The number of rotatable bonds is 13. The first kappa shape index (κ1) is 37.7. The van der Waals surface area contributed by atoms with Gasteiger partial charge in [0.1, 0.15) is 12.6 Å². The first-order valence-corrected chi connectivity index (χ1v) is 18.6. The molecule has 0 aromatic heterocycles. The predicted octanol–water partition coefficient (Wildman–Crippen LogP) is 7.23. The molecule has 10 nitrogen and oxygen atoms in total. The van der Waals surface area contributed by atoms with Gasteiger partial charge in [-0.05, 0) is 39.9 Å². The Labute approximate surface area is 321 Å². The Morgan fingerprint density at radius 2 is 1.31 bits per heavy atom. The highest BCUT2D eigenvalue weighted by molar-refractivity contribution is 6.22. The van der Waals surface area contributed by atoms with Gasteiger partial charge in [-0.1, -0.05) is 134 Å². The second kappa shape index (κ2) is 17.7. The van der Waals surface area contributed by atoms with Gasteiger partial charge < -0.3 is 24.6 Å². The molecule has 0 spiro atoms. The Hall–Kier alpha value is -5.65. The highest BCUT2D eigenvalue weighted by atomic mass is 16.7. The van der Waals surface area contributed by atoms with Crippen molar-refractivity contribution in [2.24, 2.45) is 5.92 Å². The largest absolute Gasteiger partial charge is 0.445 e. The van der Waals surface area contributed by atoms with E-state index in [-0.39, 0.29) is 37.8 Å². The lowest BCUT2D eigenvalue weighted by Gasteiger charge is -2.43. The van der Waals surface area contributed by atoms with E-state index in [1.165, 1.54) is 11.1 Å². The highest BCUT2D eigenvalue weighted by Gasteiger charge is 2.42. The van der Waals surface area contributed by atoms with Gasteiger partial charge in [-0.2, -0.15) is 0 Å². The molecule has 0 saturated carbocycles. The summed E-state index contributed by atoms with van der Waals surface area (Å²) in [6.07, 6.45) is -2.24. The summed E-state index contributed by atoms with van der Waals surface area (Å²) >= 11 is 0. The molecule has 0 bridgehead atoms. The van der Waals surface area contributed by atoms with E-state index in [9.17, 15) is 19.5 Å². The number of imide groups is 1. The van der Waals surface area contributed by atoms with E-state index in [1.54, 1.807) is 24.3 Å². The van der Waals surface area contributed by atoms with Crippen LogP contribution in [0.15, 0.2) is 140 Å². The number of alkyl carbamates (subject to hydrolysis) is 1.